The van der Waals surface area contributed by atoms with Gasteiger partial charge in [-0.2, -0.15) is 0 Å². The van der Waals surface area contributed by atoms with E-state index in [1.807, 2.05) is 13.8 Å². The highest BCUT2D eigenvalue weighted by molar-refractivity contribution is 5.80. The van der Waals surface area contributed by atoms with Gasteiger partial charge in [0.25, 0.3) is 0 Å². The first-order chi connectivity index (χ1) is 7.02. The Morgan fingerprint density at radius 3 is 2.00 bits per heavy atom. The average molecular weight is 216 g/mol. The Hall–Kier alpha value is -1.06. The molecule has 0 amide bonds. The SMILES string of the molecule is CCOC(=O)C[C@H](C(=O)OCC)C(C)C. The number of hydrogen-bond acceptors (Lipinski definition) is 4. The summed E-state index contributed by atoms with van der Waals surface area (Å²) < 4.78 is 9.70. The van der Waals surface area contributed by atoms with E-state index in [-0.39, 0.29) is 24.3 Å². The first kappa shape index (κ1) is 13.9. The summed E-state index contributed by atoms with van der Waals surface area (Å²) in [6, 6.07) is 0. The zero-order chi connectivity index (χ0) is 11.8. The van der Waals surface area contributed by atoms with Gasteiger partial charge in [-0.05, 0) is 19.8 Å². The lowest BCUT2D eigenvalue weighted by Crippen LogP contribution is -2.26. The molecular weight excluding hydrogens is 196 g/mol. The van der Waals surface area contributed by atoms with Crippen LogP contribution in [0.4, 0.5) is 0 Å². The fourth-order valence-corrected chi connectivity index (χ4v) is 1.24. The third-order valence-electron chi connectivity index (χ3n) is 2.09. The van der Waals surface area contributed by atoms with Crippen molar-refractivity contribution in [2.24, 2.45) is 11.8 Å². The molecule has 0 unspecified atom stereocenters. The molecule has 0 aliphatic rings. The van der Waals surface area contributed by atoms with Crippen LogP contribution in [0.1, 0.15) is 34.1 Å². The highest BCUT2D eigenvalue weighted by Gasteiger charge is 2.26. The van der Waals surface area contributed by atoms with Crippen molar-refractivity contribution >= 4 is 11.9 Å². The van der Waals surface area contributed by atoms with Crippen LogP contribution in [0.2, 0.25) is 0 Å². The molecule has 0 aliphatic carbocycles. The second-order valence-corrected chi connectivity index (χ2v) is 3.61. The maximum Gasteiger partial charge on any atom is 0.309 e. The minimum absolute atomic E-state index is 0.0773. The van der Waals surface area contributed by atoms with E-state index in [1.54, 1.807) is 13.8 Å². The van der Waals surface area contributed by atoms with E-state index in [0.717, 1.165) is 0 Å². The van der Waals surface area contributed by atoms with Crippen LogP contribution in [-0.4, -0.2) is 25.2 Å². The van der Waals surface area contributed by atoms with Crippen molar-refractivity contribution in [2.75, 3.05) is 13.2 Å². The molecule has 4 nitrogen and oxygen atoms in total. The van der Waals surface area contributed by atoms with Gasteiger partial charge >= 0.3 is 11.9 Å². The molecule has 0 bridgehead atoms. The van der Waals surface area contributed by atoms with Gasteiger partial charge in [0.15, 0.2) is 0 Å². The number of hydrogen-bond donors (Lipinski definition) is 0. The van der Waals surface area contributed by atoms with Crippen LogP contribution in [0.25, 0.3) is 0 Å². The Kier molecular flexibility index (Phi) is 6.75. The predicted octanol–water partition coefficient (Wildman–Crippen LogP) is 1.77. The van der Waals surface area contributed by atoms with E-state index in [2.05, 4.69) is 0 Å². The van der Waals surface area contributed by atoms with E-state index >= 15 is 0 Å². The minimum atomic E-state index is -0.399. The van der Waals surface area contributed by atoms with Gasteiger partial charge in [0.1, 0.15) is 0 Å². The Balaban J connectivity index is 4.27. The van der Waals surface area contributed by atoms with Gasteiger partial charge in [0.2, 0.25) is 0 Å². The number of carbonyl (C=O) groups is 2. The molecule has 0 radical (unpaired) electrons. The van der Waals surface area contributed by atoms with Crippen LogP contribution in [-0.2, 0) is 19.1 Å². The normalized spacial score (nSPS) is 12.3. The van der Waals surface area contributed by atoms with Crippen LogP contribution < -0.4 is 0 Å². The predicted molar refractivity (Wildman–Crippen MR) is 56.2 cm³/mol. The summed E-state index contributed by atoms with van der Waals surface area (Å²) in [5, 5.41) is 0. The molecule has 88 valence electrons. The molecule has 0 heterocycles. The first-order valence-electron chi connectivity index (χ1n) is 5.35. The Bertz CT molecular complexity index is 211. The molecule has 0 aliphatic heterocycles. The van der Waals surface area contributed by atoms with Crippen molar-refractivity contribution < 1.29 is 19.1 Å². The maximum atomic E-state index is 11.5. The summed E-state index contributed by atoms with van der Waals surface area (Å²) in [4.78, 5) is 22.7. The van der Waals surface area contributed by atoms with Gasteiger partial charge < -0.3 is 9.47 Å². The van der Waals surface area contributed by atoms with Gasteiger partial charge in [-0.25, -0.2) is 0 Å². The lowest BCUT2D eigenvalue weighted by Gasteiger charge is -2.17. The second-order valence-electron chi connectivity index (χ2n) is 3.61. The summed E-state index contributed by atoms with van der Waals surface area (Å²) in [6.45, 7) is 7.95. The topological polar surface area (TPSA) is 52.6 Å². The molecule has 0 aromatic heterocycles. The zero-order valence-corrected chi connectivity index (χ0v) is 9.91. The van der Waals surface area contributed by atoms with E-state index in [9.17, 15) is 9.59 Å². The first-order valence-corrected chi connectivity index (χ1v) is 5.35. The molecule has 15 heavy (non-hydrogen) atoms. The van der Waals surface area contributed by atoms with Gasteiger partial charge in [-0.3, -0.25) is 9.59 Å². The van der Waals surface area contributed by atoms with Crippen LogP contribution in [0, 0.1) is 11.8 Å². The molecule has 0 saturated heterocycles. The standard InChI is InChI=1S/C11H20O4/c1-5-14-10(12)7-9(8(3)4)11(13)15-6-2/h8-9H,5-7H2,1-4H3/t9-/m0/s1. The van der Waals surface area contributed by atoms with Crippen molar-refractivity contribution in [2.45, 2.75) is 34.1 Å². The van der Waals surface area contributed by atoms with E-state index < -0.39 is 5.92 Å². The molecular formula is C11H20O4. The Morgan fingerprint density at radius 2 is 1.60 bits per heavy atom. The molecule has 0 N–H and O–H groups in total. The van der Waals surface area contributed by atoms with Crippen molar-refractivity contribution in [1.29, 1.82) is 0 Å². The monoisotopic (exact) mass is 216 g/mol. The average Bonchev–Trinajstić information content (AvgIpc) is 2.14. The summed E-state index contributed by atoms with van der Waals surface area (Å²) in [7, 11) is 0. The largest absolute Gasteiger partial charge is 0.466 e. The van der Waals surface area contributed by atoms with Gasteiger partial charge in [-0.15, -0.1) is 0 Å². The number of ether oxygens (including phenoxy) is 2. The highest BCUT2D eigenvalue weighted by Crippen LogP contribution is 2.17. The number of esters is 2. The summed E-state index contributed by atoms with van der Waals surface area (Å²) >= 11 is 0. The summed E-state index contributed by atoms with van der Waals surface area (Å²) in [6.07, 6.45) is 0.102. The molecule has 0 saturated carbocycles. The van der Waals surface area contributed by atoms with Crippen LogP contribution in [0.3, 0.4) is 0 Å². The third kappa shape index (κ3) is 5.40. The third-order valence-corrected chi connectivity index (χ3v) is 2.09. The van der Waals surface area contributed by atoms with Crippen molar-refractivity contribution in [3.8, 4) is 0 Å². The molecule has 0 fully saturated rings. The lowest BCUT2D eigenvalue weighted by atomic mass is 9.93. The van der Waals surface area contributed by atoms with Crippen LogP contribution in [0.15, 0.2) is 0 Å². The lowest BCUT2D eigenvalue weighted by molar-refractivity contribution is -0.156. The van der Waals surface area contributed by atoms with Gasteiger partial charge in [0, 0.05) is 0 Å². The summed E-state index contributed by atoms with van der Waals surface area (Å²) in [5.41, 5.74) is 0. The molecule has 0 aromatic carbocycles. The summed E-state index contributed by atoms with van der Waals surface area (Å²) in [5.74, 6) is -0.984. The van der Waals surface area contributed by atoms with E-state index in [0.29, 0.717) is 13.2 Å². The fourth-order valence-electron chi connectivity index (χ4n) is 1.24. The molecule has 0 rings (SSSR count). The molecule has 1 atom stereocenters. The number of carbonyl (C=O) groups excluding carboxylic acids is 2. The van der Waals surface area contributed by atoms with Crippen molar-refractivity contribution in [3.05, 3.63) is 0 Å². The fraction of sp³-hybridized carbons (Fsp3) is 0.818. The van der Waals surface area contributed by atoms with Crippen LogP contribution >= 0.6 is 0 Å². The van der Waals surface area contributed by atoms with Crippen molar-refractivity contribution in [1.82, 2.24) is 0 Å². The molecule has 4 heteroatoms. The minimum Gasteiger partial charge on any atom is -0.466 e. The van der Waals surface area contributed by atoms with E-state index in [1.165, 1.54) is 0 Å². The highest BCUT2D eigenvalue weighted by atomic mass is 16.5. The Labute approximate surface area is 90.9 Å². The molecule has 0 aromatic rings. The van der Waals surface area contributed by atoms with Gasteiger partial charge in [0.05, 0.1) is 25.6 Å². The Morgan fingerprint density at radius 1 is 1.07 bits per heavy atom. The maximum absolute atomic E-state index is 11.5. The quantitative estimate of drug-likeness (QED) is 0.635. The van der Waals surface area contributed by atoms with Crippen molar-refractivity contribution in [3.63, 3.8) is 0 Å². The van der Waals surface area contributed by atoms with E-state index in [4.69, 9.17) is 9.47 Å². The van der Waals surface area contributed by atoms with Gasteiger partial charge in [-0.1, -0.05) is 13.8 Å². The smallest absolute Gasteiger partial charge is 0.309 e. The second kappa shape index (κ2) is 7.26. The van der Waals surface area contributed by atoms with Crippen LogP contribution in [0.5, 0.6) is 0 Å². The number of rotatable bonds is 6. The molecule has 0 spiro atoms. The zero-order valence-electron chi connectivity index (χ0n) is 9.91.